The third kappa shape index (κ3) is 2.27. The monoisotopic (exact) mass is 220 g/mol. The van der Waals surface area contributed by atoms with Crippen LogP contribution >= 0.6 is 0 Å². The van der Waals surface area contributed by atoms with E-state index >= 15 is 0 Å². The van der Waals surface area contributed by atoms with Gasteiger partial charge >= 0.3 is 5.97 Å². The third-order valence-corrected chi connectivity index (χ3v) is 2.94. The largest absolute Gasteiger partial charge is 0.478 e. The van der Waals surface area contributed by atoms with Crippen LogP contribution in [-0.2, 0) is 0 Å². The number of aromatic carboxylic acids is 1. The molecule has 86 valence electrons. The molecule has 0 amide bonds. The summed E-state index contributed by atoms with van der Waals surface area (Å²) in [6.45, 7) is 0.989. The highest BCUT2D eigenvalue weighted by Gasteiger charge is 2.23. The molecule has 16 heavy (non-hydrogen) atoms. The molecule has 4 heteroatoms. The van der Waals surface area contributed by atoms with Crippen molar-refractivity contribution in [3.05, 3.63) is 23.8 Å². The zero-order valence-corrected chi connectivity index (χ0v) is 9.31. The van der Waals surface area contributed by atoms with Crippen LogP contribution in [0.2, 0.25) is 0 Å². The highest BCUT2D eigenvalue weighted by Crippen LogP contribution is 2.31. The van der Waals surface area contributed by atoms with Crippen molar-refractivity contribution < 1.29 is 9.90 Å². The highest BCUT2D eigenvalue weighted by atomic mass is 16.4. The highest BCUT2D eigenvalue weighted by molar-refractivity contribution is 5.94. The summed E-state index contributed by atoms with van der Waals surface area (Å²) in [5, 5.41) is 8.97. The lowest BCUT2D eigenvalue weighted by Gasteiger charge is -2.19. The van der Waals surface area contributed by atoms with E-state index < -0.39 is 5.97 Å². The second-order valence-electron chi connectivity index (χ2n) is 4.40. The third-order valence-electron chi connectivity index (χ3n) is 2.94. The van der Waals surface area contributed by atoms with Crippen molar-refractivity contribution in [3.63, 3.8) is 0 Å². The molecule has 0 unspecified atom stereocenters. The van der Waals surface area contributed by atoms with Gasteiger partial charge in [0.2, 0.25) is 0 Å². The summed E-state index contributed by atoms with van der Waals surface area (Å²) in [7, 11) is 1.98. The average Bonchev–Trinajstić information content (AvgIpc) is 3.01. The van der Waals surface area contributed by atoms with Crippen LogP contribution in [0.25, 0.3) is 0 Å². The minimum absolute atomic E-state index is 0.181. The number of hydrogen-bond donors (Lipinski definition) is 2. The maximum Gasteiger partial charge on any atom is 0.337 e. The number of nitrogens with two attached hydrogens (primary N) is 1. The molecule has 1 aromatic carbocycles. The molecule has 4 nitrogen and oxygen atoms in total. The predicted octanol–water partition coefficient (Wildman–Crippen LogP) is 1.81. The van der Waals surface area contributed by atoms with E-state index in [1.54, 1.807) is 12.1 Å². The van der Waals surface area contributed by atoms with Gasteiger partial charge in [0.05, 0.1) is 5.56 Å². The molecular formula is C12H16N2O2. The maximum atomic E-state index is 10.9. The molecule has 0 spiro atoms. The standard InChI is InChI=1S/C12H16N2O2/c1-14(7-8-2-3-8)9-4-5-11(13)10(6-9)12(15)16/h4-6,8H,2-3,7,13H2,1H3,(H,15,16). The van der Waals surface area contributed by atoms with Crippen LogP contribution < -0.4 is 10.6 Å². The van der Waals surface area contributed by atoms with Crippen molar-refractivity contribution in [1.29, 1.82) is 0 Å². The molecule has 0 radical (unpaired) electrons. The van der Waals surface area contributed by atoms with Crippen LogP contribution in [0.1, 0.15) is 23.2 Å². The second-order valence-corrected chi connectivity index (χ2v) is 4.40. The normalized spacial score (nSPS) is 14.8. The van der Waals surface area contributed by atoms with E-state index in [0.29, 0.717) is 5.69 Å². The molecular weight excluding hydrogens is 204 g/mol. The SMILES string of the molecule is CN(CC1CC1)c1ccc(N)c(C(=O)O)c1. The lowest BCUT2D eigenvalue weighted by Crippen LogP contribution is -2.20. The summed E-state index contributed by atoms with van der Waals surface area (Å²) in [4.78, 5) is 13.0. The topological polar surface area (TPSA) is 66.6 Å². The smallest absolute Gasteiger partial charge is 0.337 e. The number of nitrogen functional groups attached to an aromatic ring is 1. The van der Waals surface area contributed by atoms with Crippen LogP contribution in [-0.4, -0.2) is 24.7 Å². The van der Waals surface area contributed by atoms with Crippen molar-refractivity contribution in [2.75, 3.05) is 24.2 Å². The Morgan fingerprint density at radius 2 is 2.25 bits per heavy atom. The fraction of sp³-hybridized carbons (Fsp3) is 0.417. The van der Waals surface area contributed by atoms with Gasteiger partial charge in [0.15, 0.2) is 0 Å². The van der Waals surface area contributed by atoms with E-state index in [1.807, 2.05) is 13.1 Å². The number of anilines is 2. The van der Waals surface area contributed by atoms with Crippen molar-refractivity contribution in [2.45, 2.75) is 12.8 Å². The number of rotatable bonds is 4. The van der Waals surface area contributed by atoms with Crippen molar-refractivity contribution in [1.82, 2.24) is 0 Å². The first-order valence-corrected chi connectivity index (χ1v) is 5.42. The second kappa shape index (κ2) is 4.04. The van der Waals surface area contributed by atoms with Gasteiger partial charge in [-0.15, -0.1) is 0 Å². The van der Waals surface area contributed by atoms with Crippen LogP contribution in [0.15, 0.2) is 18.2 Å². The van der Waals surface area contributed by atoms with Gasteiger partial charge in [-0.05, 0) is 37.0 Å². The Balaban J connectivity index is 2.20. The average molecular weight is 220 g/mol. The van der Waals surface area contributed by atoms with Crippen LogP contribution in [0.4, 0.5) is 11.4 Å². The fourth-order valence-electron chi connectivity index (χ4n) is 1.76. The van der Waals surface area contributed by atoms with E-state index in [9.17, 15) is 4.79 Å². The van der Waals surface area contributed by atoms with Gasteiger partial charge < -0.3 is 15.7 Å². The van der Waals surface area contributed by atoms with Crippen molar-refractivity contribution in [2.24, 2.45) is 5.92 Å². The van der Waals surface area contributed by atoms with Gasteiger partial charge in [-0.3, -0.25) is 0 Å². The molecule has 1 aliphatic rings. The van der Waals surface area contributed by atoms with Crippen LogP contribution in [0, 0.1) is 5.92 Å². The Morgan fingerprint density at radius 3 is 2.81 bits per heavy atom. The number of carboxylic acids is 1. The quantitative estimate of drug-likeness (QED) is 0.759. The summed E-state index contributed by atoms with van der Waals surface area (Å²) < 4.78 is 0. The molecule has 2 rings (SSSR count). The van der Waals surface area contributed by atoms with Gasteiger partial charge in [-0.2, -0.15) is 0 Å². The van der Waals surface area contributed by atoms with Crippen molar-refractivity contribution in [3.8, 4) is 0 Å². The predicted molar refractivity (Wildman–Crippen MR) is 63.8 cm³/mol. The lowest BCUT2D eigenvalue weighted by molar-refractivity contribution is 0.0698. The number of hydrogen-bond acceptors (Lipinski definition) is 3. The van der Waals surface area contributed by atoms with Crippen LogP contribution in [0.3, 0.4) is 0 Å². The molecule has 1 aliphatic carbocycles. The van der Waals surface area contributed by atoms with Crippen molar-refractivity contribution >= 4 is 17.3 Å². The Kier molecular flexibility index (Phi) is 2.73. The number of benzene rings is 1. The summed E-state index contributed by atoms with van der Waals surface area (Å²) in [6, 6.07) is 5.16. The minimum Gasteiger partial charge on any atom is -0.478 e. The molecule has 0 heterocycles. The summed E-state index contributed by atoms with van der Waals surface area (Å²) in [6.07, 6.45) is 2.57. The molecule has 1 fully saturated rings. The van der Waals surface area contributed by atoms with Gasteiger partial charge in [0.1, 0.15) is 0 Å². The summed E-state index contributed by atoms with van der Waals surface area (Å²) >= 11 is 0. The molecule has 0 bridgehead atoms. The lowest BCUT2D eigenvalue weighted by atomic mass is 10.1. The van der Waals surface area contributed by atoms with E-state index in [4.69, 9.17) is 10.8 Å². The molecule has 0 aliphatic heterocycles. The number of carboxylic acid groups (broad SMARTS) is 1. The molecule has 0 atom stereocenters. The fourth-order valence-corrected chi connectivity index (χ4v) is 1.76. The zero-order chi connectivity index (χ0) is 11.7. The first-order valence-electron chi connectivity index (χ1n) is 5.42. The molecule has 0 saturated heterocycles. The first kappa shape index (κ1) is 10.8. The van der Waals surface area contributed by atoms with E-state index in [0.717, 1.165) is 18.2 Å². The number of carbonyl (C=O) groups is 1. The molecule has 1 aromatic rings. The zero-order valence-electron chi connectivity index (χ0n) is 9.31. The van der Waals surface area contributed by atoms with Gasteiger partial charge in [-0.1, -0.05) is 0 Å². The van der Waals surface area contributed by atoms with Gasteiger partial charge in [0.25, 0.3) is 0 Å². The van der Waals surface area contributed by atoms with E-state index in [2.05, 4.69) is 4.90 Å². The first-order chi connectivity index (χ1) is 7.58. The Bertz CT molecular complexity index is 413. The molecule has 1 saturated carbocycles. The summed E-state index contributed by atoms with van der Waals surface area (Å²) in [5.41, 5.74) is 7.02. The summed E-state index contributed by atoms with van der Waals surface area (Å²) in [5.74, 6) is -0.199. The van der Waals surface area contributed by atoms with E-state index in [-0.39, 0.29) is 5.56 Å². The van der Waals surface area contributed by atoms with Crippen LogP contribution in [0.5, 0.6) is 0 Å². The van der Waals surface area contributed by atoms with Gasteiger partial charge in [0, 0.05) is 25.0 Å². The minimum atomic E-state index is -0.973. The van der Waals surface area contributed by atoms with Gasteiger partial charge in [-0.25, -0.2) is 4.79 Å². The Morgan fingerprint density at radius 1 is 1.56 bits per heavy atom. The number of nitrogens with zero attached hydrogens (tertiary/aromatic N) is 1. The Labute approximate surface area is 94.7 Å². The van der Waals surface area contributed by atoms with E-state index in [1.165, 1.54) is 12.8 Å². The maximum absolute atomic E-state index is 10.9. The molecule has 0 aromatic heterocycles. The Hall–Kier alpha value is -1.71. The molecule has 3 N–H and O–H groups in total.